The Balaban J connectivity index is 1.42. The number of fused-ring (bicyclic) bond motifs is 1. The van der Waals surface area contributed by atoms with Crippen LogP contribution >= 0.6 is 0 Å². The highest BCUT2D eigenvalue weighted by Crippen LogP contribution is 2.35. The number of imidazole rings is 1. The Morgan fingerprint density at radius 1 is 1.29 bits per heavy atom. The normalized spacial score (nSPS) is 18.6. The average molecular weight is 423 g/mol. The first kappa shape index (κ1) is 20.6. The number of rotatable bonds is 6. The van der Waals surface area contributed by atoms with Crippen molar-refractivity contribution in [3.8, 4) is 5.75 Å². The van der Waals surface area contributed by atoms with Crippen molar-refractivity contribution in [3.05, 3.63) is 48.2 Å². The molecule has 1 fully saturated rings. The van der Waals surface area contributed by atoms with Gasteiger partial charge in [-0.05, 0) is 44.7 Å². The monoisotopic (exact) mass is 423 g/mol. The number of aromatic nitrogens is 3. The van der Waals surface area contributed by atoms with Crippen molar-refractivity contribution in [1.82, 2.24) is 19.9 Å². The van der Waals surface area contributed by atoms with Crippen LogP contribution in [-0.2, 0) is 11.3 Å². The molecule has 2 heterocycles. The van der Waals surface area contributed by atoms with E-state index in [4.69, 9.17) is 10.5 Å². The molecule has 0 atom stereocenters. The van der Waals surface area contributed by atoms with Crippen LogP contribution in [0.3, 0.4) is 0 Å². The second-order valence-electron chi connectivity index (χ2n) is 7.84. The van der Waals surface area contributed by atoms with Gasteiger partial charge in [-0.25, -0.2) is 9.78 Å². The Labute approximate surface area is 179 Å². The predicted molar refractivity (Wildman–Crippen MR) is 115 cm³/mol. The number of ether oxygens (including phenoxy) is 1. The van der Waals surface area contributed by atoms with Gasteiger partial charge in [-0.2, -0.15) is 0 Å². The van der Waals surface area contributed by atoms with Gasteiger partial charge in [0.25, 0.3) is 0 Å². The number of nitrogen functional groups attached to an aromatic ring is 1. The van der Waals surface area contributed by atoms with Gasteiger partial charge in [0.2, 0.25) is 5.91 Å². The summed E-state index contributed by atoms with van der Waals surface area (Å²) in [5.74, 6) is -0.601. The van der Waals surface area contributed by atoms with E-state index in [9.17, 15) is 14.7 Å². The molecule has 1 aliphatic rings. The number of amides is 1. The van der Waals surface area contributed by atoms with Crippen molar-refractivity contribution < 1.29 is 19.4 Å². The molecule has 162 valence electrons. The number of nitrogens with zero attached hydrogens (tertiary/aromatic N) is 3. The zero-order valence-electron chi connectivity index (χ0n) is 17.2. The molecule has 1 saturated carbocycles. The maximum absolute atomic E-state index is 12.2. The van der Waals surface area contributed by atoms with Crippen LogP contribution in [0.2, 0.25) is 0 Å². The number of aryl methyl sites for hydroxylation is 1. The number of carboxylic acid groups (broad SMARTS) is 1. The smallest absolute Gasteiger partial charge is 0.339 e. The van der Waals surface area contributed by atoms with Crippen LogP contribution in [0.5, 0.6) is 5.75 Å². The molecule has 0 radical (unpaired) electrons. The molecular formula is C22H25N5O4. The minimum atomic E-state index is -1.11. The Morgan fingerprint density at radius 2 is 2.06 bits per heavy atom. The number of carbonyl (C=O) groups is 2. The third kappa shape index (κ3) is 4.45. The first-order valence-corrected chi connectivity index (χ1v) is 10.3. The molecule has 2 aromatic heterocycles. The predicted octanol–water partition coefficient (Wildman–Crippen LogP) is 2.53. The molecule has 1 aliphatic carbocycles. The fourth-order valence-corrected chi connectivity index (χ4v) is 4.13. The first-order valence-electron chi connectivity index (χ1n) is 10.3. The van der Waals surface area contributed by atoms with Crippen LogP contribution in [0.1, 0.15) is 41.7 Å². The minimum absolute atomic E-state index is 0.00728. The van der Waals surface area contributed by atoms with E-state index in [2.05, 4.69) is 15.3 Å². The lowest BCUT2D eigenvalue weighted by molar-refractivity contribution is -0.122. The molecule has 31 heavy (non-hydrogen) atoms. The molecule has 0 unspecified atom stereocenters. The number of hydrogen-bond donors (Lipinski definition) is 3. The van der Waals surface area contributed by atoms with Crippen LogP contribution in [0.4, 0.5) is 5.69 Å². The van der Waals surface area contributed by atoms with E-state index in [1.165, 1.54) is 0 Å². The lowest BCUT2D eigenvalue weighted by atomic mass is 9.92. The van der Waals surface area contributed by atoms with Gasteiger partial charge in [0.05, 0.1) is 34.7 Å². The number of hydrogen-bond acceptors (Lipinski definition) is 6. The number of aromatic carboxylic acids is 1. The highest BCUT2D eigenvalue weighted by molar-refractivity contribution is 6.06. The largest absolute Gasteiger partial charge is 0.490 e. The Bertz CT molecular complexity index is 1100. The van der Waals surface area contributed by atoms with Gasteiger partial charge in [0, 0.05) is 18.4 Å². The summed E-state index contributed by atoms with van der Waals surface area (Å²) in [6.07, 6.45) is 8.14. The van der Waals surface area contributed by atoms with Crippen molar-refractivity contribution in [2.45, 2.75) is 51.3 Å². The molecule has 0 aliphatic heterocycles. The van der Waals surface area contributed by atoms with Gasteiger partial charge in [0.1, 0.15) is 17.9 Å². The quantitative estimate of drug-likeness (QED) is 0.555. The third-order valence-electron chi connectivity index (χ3n) is 5.63. The highest BCUT2D eigenvalue weighted by atomic mass is 16.5. The van der Waals surface area contributed by atoms with E-state index >= 15 is 0 Å². The Morgan fingerprint density at radius 3 is 2.74 bits per heavy atom. The number of anilines is 1. The highest BCUT2D eigenvalue weighted by Gasteiger charge is 2.25. The number of benzene rings is 1. The molecule has 0 saturated heterocycles. The van der Waals surface area contributed by atoms with E-state index in [-0.39, 0.29) is 35.8 Å². The molecule has 4 rings (SSSR count). The Hall–Kier alpha value is -3.62. The zero-order valence-corrected chi connectivity index (χ0v) is 17.2. The van der Waals surface area contributed by atoms with Gasteiger partial charge in [-0.1, -0.05) is 6.07 Å². The van der Waals surface area contributed by atoms with Crippen LogP contribution in [0, 0.1) is 6.92 Å². The summed E-state index contributed by atoms with van der Waals surface area (Å²) in [6, 6.07) is 5.52. The van der Waals surface area contributed by atoms with Crippen molar-refractivity contribution >= 4 is 28.5 Å². The summed E-state index contributed by atoms with van der Waals surface area (Å²) in [6.45, 7) is 1.89. The van der Waals surface area contributed by atoms with Crippen molar-refractivity contribution in [2.24, 2.45) is 0 Å². The van der Waals surface area contributed by atoms with Gasteiger partial charge >= 0.3 is 5.97 Å². The topological polar surface area (TPSA) is 132 Å². The van der Waals surface area contributed by atoms with Gasteiger partial charge in [0.15, 0.2) is 0 Å². The summed E-state index contributed by atoms with van der Waals surface area (Å²) in [7, 11) is 0. The number of carboxylic acids is 1. The van der Waals surface area contributed by atoms with Gasteiger partial charge in [-0.15, -0.1) is 0 Å². The summed E-state index contributed by atoms with van der Waals surface area (Å²) in [4.78, 5) is 32.1. The number of nitrogens with one attached hydrogen (secondary N) is 1. The van der Waals surface area contributed by atoms with Gasteiger partial charge in [-0.3, -0.25) is 9.78 Å². The molecule has 0 bridgehead atoms. The fraction of sp³-hybridized carbons (Fsp3) is 0.364. The first-order chi connectivity index (χ1) is 14.9. The second-order valence-corrected chi connectivity index (χ2v) is 7.84. The van der Waals surface area contributed by atoms with E-state index in [1.807, 2.05) is 6.07 Å². The maximum Gasteiger partial charge on any atom is 0.339 e. The number of pyridine rings is 1. The van der Waals surface area contributed by atoms with Crippen LogP contribution in [0.15, 0.2) is 36.9 Å². The molecular weight excluding hydrogens is 398 g/mol. The summed E-state index contributed by atoms with van der Waals surface area (Å²) in [5.41, 5.74) is 7.37. The second kappa shape index (κ2) is 8.63. The molecule has 3 aromatic rings. The van der Waals surface area contributed by atoms with E-state index in [0.717, 1.165) is 25.7 Å². The van der Waals surface area contributed by atoms with Gasteiger partial charge < -0.3 is 25.5 Å². The molecule has 9 heteroatoms. The van der Waals surface area contributed by atoms with Crippen LogP contribution in [-0.4, -0.2) is 43.7 Å². The van der Waals surface area contributed by atoms with Crippen LogP contribution in [0.25, 0.3) is 10.9 Å². The van der Waals surface area contributed by atoms with Crippen LogP contribution < -0.4 is 15.8 Å². The SMILES string of the molecule is Cc1nc2cccc(O[C@H]3CC[C@H](NC(=O)Cn4ccnc4)CC3)c2c(N)c1C(=O)O. The number of carbonyl (C=O) groups excluding carboxylic acids is 1. The van der Waals surface area contributed by atoms with Crippen molar-refractivity contribution in [1.29, 1.82) is 0 Å². The maximum atomic E-state index is 12.2. The van der Waals surface area contributed by atoms with E-state index in [1.54, 1.807) is 42.3 Å². The van der Waals surface area contributed by atoms with E-state index < -0.39 is 5.97 Å². The molecule has 0 spiro atoms. The average Bonchev–Trinajstić information content (AvgIpc) is 3.22. The lowest BCUT2D eigenvalue weighted by Gasteiger charge is -2.30. The summed E-state index contributed by atoms with van der Waals surface area (Å²) >= 11 is 0. The molecule has 9 nitrogen and oxygen atoms in total. The molecule has 4 N–H and O–H groups in total. The van der Waals surface area contributed by atoms with E-state index in [0.29, 0.717) is 22.3 Å². The summed E-state index contributed by atoms with van der Waals surface area (Å²) < 4.78 is 7.96. The molecule has 1 aromatic carbocycles. The standard InChI is InChI=1S/C22H25N5O4/c1-13-19(22(29)30)21(23)20-16(25-13)3-2-4-17(20)31-15-7-5-14(6-8-15)26-18(28)11-27-10-9-24-12-27/h2-4,9-10,12,14-15H,5-8,11H2,1H3,(H2,23,25)(H,26,28)(H,29,30)/t14-,15-. The fourth-order valence-electron chi connectivity index (χ4n) is 4.13. The Kier molecular flexibility index (Phi) is 5.75. The third-order valence-corrected chi connectivity index (χ3v) is 5.63. The zero-order chi connectivity index (χ0) is 22.0. The molecule has 1 amide bonds. The lowest BCUT2D eigenvalue weighted by Crippen LogP contribution is -2.41. The number of nitrogens with two attached hydrogens (primary N) is 1. The van der Waals surface area contributed by atoms with Crippen molar-refractivity contribution in [3.63, 3.8) is 0 Å². The van der Waals surface area contributed by atoms with Crippen molar-refractivity contribution in [2.75, 3.05) is 5.73 Å². The summed E-state index contributed by atoms with van der Waals surface area (Å²) in [5, 5.41) is 13.1. The minimum Gasteiger partial charge on any atom is -0.490 e.